The van der Waals surface area contributed by atoms with Crippen molar-refractivity contribution >= 4 is 33.1 Å². The highest BCUT2D eigenvalue weighted by atomic mass is 32.2. The Labute approximate surface area is 214 Å². The standard InChI is InChI=1S/C26H29F2N5O3S/c1-37(35,36)33-22-8-4-18(5-9-22)17-2-6-21(7-3-17)32-25-13-24(23(15-31-25)26(29)34)30-14-16-10-19(27)12-20(28)11-16/h2-3,6-7,10-13,15,18,22,33H,4-5,8-9,14H2,1H3,(H2,29,34)(H2,30,31,32)/t18-,22-. The number of nitrogens with one attached hydrogen (secondary N) is 3. The largest absolute Gasteiger partial charge is 0.380 e. The number of carbonyl (C=O) groups excluding carboxylic acids is 1. The van der Waals surface area contributed by atoms with Gasteiger partial charge in [0.25, 0.3) is 5.91 Å². The Morgan fingerprint density at radius 1 is 1.03 bits per heavy atom. The molecule has 2 aromatic carbocycles. The van der Waals surface area contributed by atoms with Gasteiger partial charge >= 0.3 is 0 Å². The molecular weight excluding hydrogens is 500 g/mol. The molecular formula is C26H29F2N5O3S. The van der Waals surface area contributed by atoms with E-state index in [0.717, 1.165) is 37.4 Å². The summed E-state index contributed by atoms with van der Waals surface area (Å²) in [4.78, 5) is 16.1. The van der Waals surface area contributed by atoms with Crippen molar-refractivity contribution < 1.29 is 22.0 Å². The second-order valence-electron chi connectivity index (χ2n) is 9.30. The summed E-state index contributed by atoms with van der Waals surface area (Å²) in [6.07, 6.45) is 5.93. The van der Waals surface area contributed by atoms with Crippen LogP contribution >= 0.6 is 0 Å². The lowest BCUT2D eigenvalue weighted by Gasteiger charge is -2.29. The maximum atomic E-state index is 13.5. The maximum Gasteiger partial charge on any atom is 0.252 e. The van der Waals surface area contributed by atoms with Crippen molar-refractivity contribution in [3.8, 4) is 0 Å². The average Bonchev–Trinajstić information content (AvgIpc) is 2.82. The molecule has 1 heterocycles. The Balaban J connectivity index is 1.41. The van der Waals surface area contributed by atoms with Gasteiger partial charge in [-0.3, -0.25) is 4.79 Å². The highest BCUT2D eigenvalue weighted by Crippen LogP contribution is 2.34. The van der Waals surface area contributed by atoms with Crippen LogP contribution in [0.15, 0.2) is 54.7 Å². The van der Waals surface area contributed by atoms with E-state index in [0.29, 0.717) is 23.0 Å². The zero-order valence-electron chi connectivity index (χ0n) is 20.3. The van der Waals surface area contributed by atoms with E-state index >= 15 is 0 Å². The van der Waals surface area contributed by atoms with Crippen LogP contribution in [0.3, 0.4) is 0 Å². The minimum absolute atomic E-state index is 0.00983. The number of primary amides is 1. The molecule has 4 rings (SSSR count). The highest BCUT2D eigenvalue weighted by Gasteiger charge is 2.24. The lowest BCUT2D eigenvalue weighted by Crippen LogP contribution is -2.36. The van der Waals surface area contributed by atoms with Crippen molar-refractivity contribution in [1.29, 1.82) is 0 Å². The van der Waals surface area contributed by atoms with E-state index in [2.05, 4.69) is 20.3 Å². The SMILES string of the molecule is CS(=O)(=O)N[C@H]1CC[C@H](c2ccc(Nc3cc(NCc4cc(F)cc(F)c4)c(C(N)=O)cn3)cc2)CC1. The van der Waals surface area contributed by atoms with E-state index < -0.39 is 27.6 Å². The Hall–Kier alpha value is -3.57. The number of sulfonamides is 1. The number of carbonyl (C=O) groups is 1. The zero-order chi connectivity index (χ0) is 26.6. The van der Waals surface area contributed by atoms with Crippen LogP contribution in [0.25, 0.3) is 0 Å². The fraction of sp³-hybridized carbons (Fsp3) is 0.308. The molecule has 0 bridgehead atoms. The molecule has 0 radical (unpaired) electrons. The van der Waals surface area contributed by atoms with Gasteiger partial charge in [-0.1, -0.05) is 12.1 Å². The molecule has 11 heteroatoms. The van der Waals surface area contributed by atoms with E-state index in [1.807, 2.05) is 24.3 Å². The van der Waals surface area contributed by atoms with Gasteiger partial charge in [-0.2, -0.15) is 0 Å². The molecule has 8 nitrogen and oxygen atoms in total. The number of amides is 1. The molecule has 1 aromatic heterocycles. The third kappa shape index (κ3) is 7.46. The number of pyridine rings is 1. The smallest absolute Gasteiger partial charge is 0.252 e. The molecule has 1 amide bonds. The van der Waals surface area contributed by atoms with Crippen molar-refractivity contribution in [1.82, 2.24) is 9.71 Å². The van der Waals surface area contributed by atoms with E-state index in [9.17, 15) is 22.0 Å². The first-order chi connectivity index (χ1) is 17.6. The Morgan fingerprint density at radius 2 is 1.68 bits per heavy atom. The van der Waals surface area contributed by atoms with E-state index in [4.69, 9.17) is 5.73 Å². The van der Waals surface area contributed by atoms with Gasteiger partial charge in [-0.05, 0) is 67.0 Å². The second kappa shape index (κ2) is 11.2. The van der Waals surface area contributed by atoms with Crippen LogP contribution in [0.2, 0.25) is 0 Å². The summed E-state index contributed by atoms with van der Waals surface area (Å²) in [6, 6.07) is 12.7. The molecule has 5 N–H and O–H groups in total. The quantitative estimate of drug-likeness (QED) is 0.326. The number of hydrogen-bond acceptors (Lipinski definition) is 6. The molecule has 1 saturated carbocycles. The second-order valence-corrected chi connectivity index (χ2v) is 11.1. The van der Waals surface area contributed by atoms with Crippen LogP contribution < -0.4 is 21.1 Å². The molecule has 1 aliphatic carbocycles. The number of aromatic nitrogens is 1. The maximum absolute atomic E-state index is 13.5. The molecule has 0 saturated heterocycles. The Bertz CT molecular complexity index is 1360. The van der Waals surface area contributed by atoms with Crippen LogP contribution in [0, 0.1) is 11.6 Å². The summed E-state index contributed by atoms with van der Waals surface area (Å²) in [5, 5.41) is 6.19. The molecule has 3 aromatic rings. The van der Waals surface area contributed by atoms with E-state index in [1.165, 1.54) is 30.1 Å². The number of hydrogen-bond donors (Lipinski definition) is 4. The van der Waals surface area contributed by atoms with E-state index in [-0.39, 0.29) is 18.2 Å². The summed E-state index contributed by atoms with van der Waals surface area (Å²) >= 11 is 0. The molecule has 0 atom stereocenters. The molecule has 37 heavy (non-hydrogen) atoms. The third-order valence-corrected chi connectivity index (χ3v) is 7.10. The predicted molar refractivity (Wildman–Crippen MR) is 139 cm³/mol. The lowest BCUT2D eigenvalue weighted by molar-refractivity contribution is 0.100. The fourth-order valence-corrected chi connectivity index (χ4v) is 5.45. The summed E-state index contributed by atoms with van der Waals surface area (Å²) in [6.45, 7) is 0.0784. The topological polar surface area (TPSA) is 126 Å². The molecule has 0 aliphatic heterocycles. The normalized spacial score (nSPS) is 17.8. The minimum atomic E-state index is -3.20. The van der Waals surface area contributed by atoms with Gasteiger partial charge in [-0.15, -0.1) is 0 Å². The minimum Gasteiger partial charge on any atom is -0.380 e. The van der Waals surface area contributed by atoms with Crippen molar-refractivity contribution in [2.24, 2.45) is 5.73 Å². The number of rotatable bonds is 9. The van der Waals surface area contributed by atoms with Crippen molar-refractivity contribution in [3.05, 3.63) is 83.1 Å². The van der Waals surface area contributed by atoms with Crippen LogP contribution in [-0.4, -0.2) is 31.6 Å². The number of benzene rings is 2. The van der Waals surface area contributed by atoms with Crippen molar-refractivity contribution in [2.75, 3.05) is 16.9 Å². The Morgan fingerprint density at radius 3 is 2.27 bits per heavy atom. The Kier molecular flexibility index (Phi) is 8.03. The third-order valence-electron chi connectivity index (χ3n) is 6.34. The number of nitrogens with two attached hydrogens (primary N) is 1. The molecule has 0 unspecified atom stereocenters. The lowest BCUT2D eigenvalue weighted by atomic mass is 9.82. The van der Waals surface area contributed by atoms with Crippen molar-refractivity contribution in [3.63, 3.8) is 0 Å². The van der Waals surface area contributed by atoms with Gasteiger partial charge in [0.2, 0.25) is 10.0 Å². The van der Waals surface area contributed by atoms with Crippen LogP contribution in [0.1, 0.15) is 53.1 Å². The van der Waals surface area contributed by atoms with Crippen LogP contribution in [0.5, 0.6) is 0 Å². The van der Waals surface area contributed by atoms with Gasteiger partial charge < -0.3 is 16.4 Å². The predicted octanol–water partition coefficient (Wildman–Crippen LogP) is 4.39. The van der Waals surface area contributed by atoms with Gasteiger partial charge in [0.05, 0.1) is 17.5 Å². The zero-order valence-corrected chi connectivity index (χ0v) is 21.1. The van der Waals surface area contributed by atoms with Gasteiger partial charge in [-0.25, -0.2) is 26.9 Å². The molecule has 196 valence electrons. The van der Waals surface area contributed by atoms with Crippen LogP contribution in [0.4, 0.5) is 26.0 Å². The summed E-state index contributed by atoms with van der Waals surface area (Å²) in [5.41, 5.74) is 8.34. The van der Waals surface area contributed by atoms with Gasteiger partial charge in [0.15, 0.2) is 0 Å². The number of anilines is 3. The molecule has 1 fully saturated rings. The summed E-state index contributed by atoms with van der Waals surface area (Å²) in [5.74, 6) is -1.24. The summed E-state index contributed by atoms with van der Waals surface area (Å²) < 4.78 is 52.6. The van der Waals surface area contributed by atoms with E-state index in [1.54, 1.807) is 6.07 Å². The first-order valence-corrected chi connectivity index (χ1v) is 13.8. The fourth-order valence-electron chi connectivity index (χ4n) is 4.61. The first kappa shape index (κ1) is 26.5. The number of nitrogens with zero attached hydrogens (tertiary/aromatic N) is 1. The molecule has 0 spiro atoms. The first-order valence-electron chi connectivity index (χ1n) is 11.9. The van der Waals surface area contributed by atoms with Gasteiger partial charge in [0, 0.05) is 36.6 Å². The van der Waals surface area contributed by atoms with Gasteiger partial charge in [0.1, 0.15) is 17.5 Å². The van der Waals surface area contributed by atoms with Crippen LogP contribution in [-0.2, 0) is 16.6 Å². The van der Waals surface area contributed by atoms with Crippen molar-refractivity contribution in [2.45, 2.75) is 44.2 Å². The highest BCUT2D eigenvalue weighted by molar-refractivity contribution is 7.88. The monoisotopic (exact) mass is 529 g/mol. The number of halogens is 2. The summed E-state index contributed by atoms with van der Waals surface area (Å²) in [7, 11) is -3.20. The average molecular weight is 530 g/mol. The molecule has 1 aliphatic rings.